The molecule has 2 aromatic rings. The maximum absolute atomic E-state index is 4.06. The Balaban J connectivity index is 2.18. The fraction of sp³-hybridized carbons (Fsp3) is 0.273. The molecule has 0 spiro atoms. The van der Waals surface area contributed by atoms with Crippen LogP contribution in [0.4, 0.5) is 11.5 Å². The molecule has 4 heteroatoms. The molecule has 0 saturated carbocycles. The predicted molar refractivity (Wildman–Crippen MR) is 60.2 cm³/mol. The largest absolute Gasteiger partial charge is 0.337 e. The van der Waals surface area contributed by atoms with Gasteiger partial charge in [-0.25, -0.2) is 0 Å². The standard InChI is InChI=1S/C11H14N4/c1-3-10-11(14-15-13-10)12-9-6-4-8(2)5-7-9/h4-7H,3H2,1-2H3,(H2,12,13,14,15). The summed E-state index contributed by atoms with van der Waals surface area (Å²) in [5.41, 5.74) is 3.23. The number of aromatic nitrogens is 3. The zero-order valence-electron chi connectivity index (χ0n) is 8.91. The average Bonchev–Trinajstić information content (AvgIpc) is 2.69. The molecule has 0 radical (unpaired) electrons. The van der Waals surface area contributed by atoms with E-state index in [1.165, 1.54) is 5.56 Å². The van der Waals surface area contributed by atoms with Gasteiger partial charge in [-0.3, -0.25) is 0 Å². The molecule has 0 amide bonds. The highest BCUT2D eigenvalue weighted by Gasteiger charge is 2.04. The van der Waals surface area contributed by atoms with Crippen molar-refractivity contribution in [2.24, 2.45) is 0 Å². The molecule has 0 unspecified atom stereocenters. The van der Waals surface area contributed by atoms with Crippen molar-refractivity contribution in [2.45, 2.75) is 20.3 Å². The van der Waals surface area contributed by atoms with Gasteiger partial charge < -0.3 is 5.32 Å². The van der Waals surface area contributed by atoms with Crippen LogP contribution in [0, 0.1) is 6.92 Å². The zero-order valence-corrected chi connectivity index (χ0v) is 8.91. The fourth-order valence-electron chi connectivity index (χ4n) is 1.37. The van der Waals surface area contributed by atoms with E-state index >= 15 is 0 Å². The summed E-state index contributed by atoms with van der Waals surface area (Å²) in [6.45, 7) is 4.12. The van der Waals surface area contributed by atoms with Crippen LogP contribution in [0.3, 0.4) is 0 Å². The summed E-state index contributed by atoms with van der Waals surface area (Å²) in [5.74, 6) is 0.807. The van der Waals surface area contributed by atoms with Gasteiger partial charge in [0.15, 0.2) is 5.82 Å². The highest BCUT2D eigenvalue weighted by Crippen LogP contribution is 2.17. The maximum atomic E-state index is 4.06. The van der Waals surface area contributed by atoms with Gasteiger partial charge in [-0.15, -0.1) is 5.10 Å². The van der Waals surface area contributed by atoms with Crippen molar-refractivity contribution in [1.29, 1.82) is 0 Å². The molecule has 0 bridgehead atoms. The molecule has 78 valence electrons. The van der Waals surface area contributed by atoms with Crippen LogP contribution in [-0.4, -0.2) is 15.4 Å². The van der Waals surface area contributed by atoms with Gasteiger partial charge in [0.25, 0.3) is 0 Å². The van der Waals surface area contributed by atoms with Gasteiger partial charge in [-0.2, -0.15) is 10.3 Å². The Kier molecular flexibility index (Phi) is 2.67. The number of aromatic amines is 1. The summed E-state index contributed by atoms with van der Waals surface area (Å²) >= 11 is 0. The van der Waals surface area contributed by atoms with Crippen molar-refractivity contribution in [2.75, 3.05) is 5.32 Å². The van der Waals surface area contributed by atoms with Crippen molar-refractivity contribution < 1.29 is 0 Å². The second kappa shape index (κ2) is 4.13. The van der Waals surface area contributed by atoms with E-state index in [0.29, 0.717) is 0 Å². The van der Waals surface area contributed by atoms with Gasteiger partial charge in [0.2, 0.25) is 0 Å². The Labute approximate surface area is 88.7 Å². The first kappa shape index (κ1) is 9.71. The van der Waals surface area contributed by atoms with E-state index in [0.717, 1.165) is 23.6 Å². The van der Waals surface area contributed by atoms with Crippen LogP contribution in [0.1, 0.15) is 18.2 Å². The number of aryl methyl sites for hydroxylation is 2. The molecule has 15 heavy (non-hydrogen) atoms. The molecule has 0 atom stereocenters. The van der Waals surface area contributed by atoms with Crippen LogP contribution in [0.25, 0.3) is 0 Å². The summed E-state index contributed by atoms with van der Waals surface area (Å²) in [7, 11) is 0. The summed E-state index contributed by atoms with van der Waals surface area (Å²) in [4.78, 5) is 0. The van der Waals surface area contributed by atoms with Crippen LogP contribution in [-0.2, 0) is 6.42 Å². The second-order valence-electron chi connectivity index (χ2n) is 3.46. The molecule has 0 saturated heterocycles. The minimum Gasteiger partial charge on any atom is -0.337 e. The monoisotopic (exact) mass is 202 g/mol. The molecule has 0 fully saturated rings. The number of hydrogen-bond acceptors (Lipinski definition) is 3. The normalized spacial score (nSPS) is 10.3. The van der Waals surface area contributed by atoms with Crippen LogP contribution in [0.2, 0.25) is 0 Å². The third kappa shape index (κ3) is 2.15. The lowest BCUT2D eigenvalue weighted by molar-refractivity contribution is 0.908. The van der Waals surface area contributed by atoms with E-state index in [9.17, 15) is 0 Å². The highest BCUT2D eigenvalue weighted by atomic mass is 15.4. The van der Waals surface area contributed by atoms with Gasteiger partial charge in [-0.1, -0.05) is 24.6 Å². The van der Waals surface area contributed by atoms with E-state index in [2.05, 4.69) is 46.7 Å². The lowest BCUT2D eigenvalue weighted by Crippen LogP contribution is -1.94. The molecule has 0 aliphatic rings. The first-order valence-electron chi connectivity index (χ1n) is 5.03. The molecular formula is C11H14N4. The van der Waals surface area contributed by atoms with Crippen molar-refractivity contribution in [3.8, 4) is 0 Å². The summed E-state index contributed by atoms with van der Waals surface area (Å²) in [6.07, 6.45) is 0.866. The Bertz CT molecular complexity index is 430. The van der Waals surface area contributed by atoms with Crippen molar-refractivity contribution in [3.05, 3.63) is 35.5 Å². The number of benzene rings is 1. The van der Waals surface area contributed by atoms with E-state index in [-0.39, 0.29) is 0 Å². The van der Waals surface area contributed by atoms with Crippen molar-refractivity contribution >= 4 is 11.5 Å². The quantitative estimate of drug-likeness (QED) is 0.803. The topological polar surface area (TPSA) is 53.6 Å². The molecule has 1 aromatic heterocycles. The molecule has 2 N–H and O–H groups in total. The Hall–Kier alpha value is -1.84. The Morgan fingerprint density at radius 2 is 1.93 bits per heavy atom. The predicted octanol–water partition coefficient (Wildman–Crippen LogP) is 2.42. The smallest absolute Gasteiger partial charge is 0.175 e. The van der Waals surface area contributed by atoms with E-state index in [4.69, 9.17) is 0 Å². The van der Waals surface area contributed by atoms with Crippen LogP contribution < -0.4 is 5.32 Å². The number of nitrogens with one attached hydrogen (secondary N) is 2. The highest BCUT2D eigenvalue weighted by molar-refractivity contribution is 5.57. The molecule has 4 nitrogen and oxygen atoms in total. The molecule has 1 aromatic carbocycles. The van der Waals surface area contributed by atoms with Gasteiger partial charge in [0, 0.05) is 5.69 Å². The molecule has 0 aliphatic carbocycles. The Morgan fingerprint density at radius 1 is 1.20 bits per heavy atom. The molecular weight excluding hydrogens is 188 g/mol. The van der Waals surface area contributed by atoms with E-state index in [1.807, 2.05) is 12.1 Å². The molecule has 0 aliphatic heterocycles. The van der Waals surface area contributed by atoms with Crippen LogP contribution >= 0.6 is 0 Å². The molecule has 2 rings (SSSR count). The Morgan fingerprint density at radius 3 is 2.60 bits per heavy atom. The van der Waals surface area contributed by atoms with Crippen molar-refractivity contribution in [3.63, 3.8) is 0 Å². The lowest BCUT2D eigenvalue weighted by atomic mass is 10.2. The van der Waals surface area contributed by atoms with E-state index in [1.54, 1.807) is 0 Å². The number of hydrogen-bond donors (Lipinski definition) is 2. The number of nitrogens with zero attached hydrogens (tertiary/aromatic N) is 2. The first-order valence-corrected chi connectivity index (χ1v) is 5.03. The molecule has 1 heterocycles. The average molecular weight is 202 g/mol. The second-order valence-corrected chi connectivity index (χ2v) is 3.46. The lowest BCUT2D eigenvalue weighted by Gasteiger charge is -2.03. The van der Waals surface area contributed by atoms with Gasteiger partial charge in [-0.05, 0) is 25.5 Å². The van der Waals surface area contributed by atoms with E-state index < -0.39 is 0 Å². The minimum absolute atomic E-state index is 0.807. The number of rotatable bonds is 3. The number of H-pyrrole nitrogens is 1. The van der Waals surface area contributed by atoms with Crippen molar-refractivity contribution in [1.82, 2.24) is 15.4 Å². The van der Waals surface area contributed by atoms with Gasteiger partial charge in [0.05, 0.1) is 0 Å². The fourth-order valence-corrected chi connectivity index (χ4v) is 1.37. The third-order valence-corrected chi connectivity index (χ3v) is 2.27. The first-order chi connectivity index (χ1) is 7.29. The summed E-state index contributed by atoms with van der Waals surface area (Å²) < 4.78 is 0. The van der Waals surface area contributed by atoms with Crippen LogP contribution in [0.5, 0.6) is 0 Å². The van der Waals surface area contributed by atoms with Crippen LogP contribution in [0.15, 0.2) is 24.3 Å². The summed E-state index contributed by atoms with van der Waals surface area (Å²) in [5, 5.41) is 14.0. The van der Waals surface area contributed by atoms with Gasteiger partial charge >= 0.3 is 0 Å². The third-order valence-electron chi connectivity index (χ3n) is 2.27. The maximum Gasteiger partial charge on any atom is 0.175 e. The van der Waals surface area contributed by atoms with Gasteiger partial charge in [0.1, 0.15) is 5.69 Å². The number of anilines is 2. The minimum atomic E-state index is 0.807. The zero-order chi connectivity index (χ0) is 10.7. The SMILES string of the molecule is CCc1n[nH]nc1Nc1ccc(C)cc1. The summed E-state index contributed by atoms with van der Waals surface area (Å²) in [6, 6.07) is 8.19.